The van der Waals surface area contributed by atoms with Crippen LogP contribution in [0.25, 0.3) is 0 Å². The van der Waals surface area contributed by atoms with Gasteiger partial charge in [0.1, 0.15) is 0 Å². The van der Waals surface area contributed by atoms with Crippen molar-refractivity contribution in [2.75, 3.05) is 17.2 Å². The maximum atomic E-state index is 11.9. The van der Waals surface area contributed by atoms with Crippen LogP contribution in [0.2, 0.25) is 0 Å². The number of hydrogen-bond donors (Lipinski definition) is 2. The SMILES string of the molecule is Cc1ccc(NC(=O)COC(=O)CCCC(=O)Nc2ccc(Br)cc2)cc1[N+](=O)[O-]. The highest BCUT2D eigenvalue weighted by atomic mass is 79.9. The highest BCUT2D eigenvalue weighted by Crippen LogP contribution is 2.22. The van der Waals surface area contributed by atoms with Gasteiger partial charge in [0.05, 0.1) is 4.92 Å². The lowest BCUT2D eigenvalue weighted by Gasteiger charge is -2.08. The van der Waals surface area contributed by atoms with Gasteiger partial charge in [0.25, 0.3) is 11.6 Å². The monoisotopic (exact) mass is 477 g/mol. The minimum absolute atomic E-state index is 0.0168. The van der Waals surface area contributed by atoms with Crippen LogP contribution in [0.4, 0.5) is 17.1 Å². The van der Waals surface area contributed by atoms with Gasteiger partial charge in [-0.15, -0.1) is 0 Å². The van der Waals surface area contributed by atoms with Crippen molar-refractivity contribution in [3.05, 3.63) is 62.6 Å². The zero-order chi connectivity index (χ0) is 22.1. The van der Waals surface area contributed by atoms with Crippen LogP contribution in [-0.2, 0) is 19.1 Å². The zero-order valence-corrected chi connectivity index (χ0v) is 17.7. The molecule has 2 N–H and O–H groups in total. The number of hydrogen-bond acceptors (Lipinski definition) is 6. The Morgan fingerprint density at radius 2 is 1.63 bits per heavy atom. The van der Waals surface area contributed by atoms with Crippen molar-refractivity contribution in [1.29, 1.82) is 0 Å². The first-order chi connectivity index (χ1) is 14.2. The number of nitro groups is 1. The molecular formula is C20H20BrN3O6. The first-order valence-electron chi connectivity index (χ1n) is 9.00. The third-order valence-corrected chi connectivity index (χ3v) is 4.50. The number of rotatable bonds is 9. The van der Waals surface area contributed by atoms with E-state index in [4.69, 9.17) is 4.74 Å². The minimum atomic E-state index is -0.616. The van der Waals surface area contributed by atoms with Crippen LogP contribution in [0.5, 0.6) is 0 Å². The second-order valence-corrected chi connectivity index (χ2v) is 7.29. The molecule has 0 fully saturated rings. The molecule has 0 spiro atoms. The summed E-state index contributed by atoms with van der Waals surface area (Å²) in [5.74, 6) is -1.46. The smallest absolute Gasteiger partial charge is 0.306 e. The summed E-state index contributed by atoms with van der Waals surface area (Å²) in [6, 6.07) is 11.4. The standard InChI is InChI=1S/C20H20BrN3O6/c1-13-5-8-16(11-17(13)24(28)29)23-19(26)12-30-20(27)4-2-3-18(25)22-15-9-6-14(21)7-10-15/h5-11H,2-4,12H2,1H3,(H,22,25)(H,23,26). The molecule has 0 saturated carbocycles. The van der Waals surface area contributed by atoms with E-state index < -0.39 is 23.4 Å². The summed E-state index contributed by atoms with van der Waals surface area (Å²) < 4.78 is 5.77. The van der Waals surface area contributed by atoms with Crippen molar-refractivity contribution in [1.82, 2.24) is 0 Å². The zero-order valence-electron chi connectivity index (χ0n) is 16.1. The summed E-state index contributed by atoms with van der Waals surface area (Å²) in [6.07, 6.45) is 0.383. The van der Waals surface area contributed by atoms with E-state index in [-0.39, 0.29) is 36.5 Å². The van der Waals surface area contributed by atoms with Crippen LogP contribution in [0, 0.1) is 17.0 Å². The first kappa shape index (κ1) is 23.0. The van der Waals surface area contributed by atoms with Gasteiger partial charge < -0.3 is 15.4 Å². The molecule has 0 aromatic heterocycles. The molecule has 0 bridgehead atoms. The van der Waals surface area contributed by atoms with Gasteiger partial charge in [0.2, 0.25) is 5.91 Å². The second kappa shape index (κ2) is 11.1. The average molecular weight is 478 g/mol. The largest absolute Gasteiger partial charge is 0.456 e. The minimum Gasteiger partial charge on any atom is -0.456 e. The number of nitrogens with zero attached hydrogens (tertiary/aromatic N) is 1. The molecule has 0 saturated heterocycles. The molecule has 0 atom stereocenters. The molecule has 30 heavy (non-hydrogen) atoms. The maximum absolute atomic E-state index is 11.9. The molecule has 0 aliphatic heterocycles. The van der Waals surface area contributed by atoms with Gasteiger partial charge in [0, 0.05) is 40.3 Å². The van der Waals surface area contributed by atoms with Crippen LogP contribution in [0.15, 0.2) is 46.9 Å². The molecule has 2 aromatic carbocycles. The van der Waals surface area contributed by atoms with Crippen LogP contribution < -0.4 is 10.6 Å². The van der Waals surface area contributed by atoms with Crippen molar-refractivity contribution >= 4 is 50.8 Å². The Bertz CT molecular complexity index is 946. The van der Waals surface area contributed by atoms with Gasteiger partial charge in [-0.05, 0) is 43.7 Å². The fourth-order valence-corrected chi connectivity index (χ4v) is 2.71. The molecule has 0 aliphatic rings. The Balaban J connectivity index is 1.68. The molecule has 2 amide bonds. The number of carbonyl (C=O) groups is 3. The number of halogens is 1. The van der Waals surface area contributed by atoms with E-state index in [2.05, 4.69) is 26.6 Å². The number of amides is 2. The topological polar surface area (TPSA) is 128 Å². The number of benzene rings is 2. The predicted octanol–water partition coefficient (Wildman–Crippen LogP) is 3.96. The third kappa shape index (κ3) is 7.63. The van der Waals surface area contributed by atoms with Crippen molar-refractivity contribution in [3.63, 3.8) is 0 Å². The van der Waals surface area contributed by atoms with Crippen molar-refractivity contribution in [2.45, 2.75) is 26.2 Å². The van der Waals surface area contributed by atoms with Gasteiger partial charge in [0.15, 0.2) is 6.61 Å². The van der Waals surface area contributed by atoms with Crippen molar-refractivity contribution in [3.8, 4) is 0 Å². The highest BCUT2D eigenvalue weighted by molar-refractivity contribution is 9.10. The van der Waals surface area contributed by atoms with E-state index in [9.17, 15) is 24.5 Å². The summed E-state index contributed by atoms with van der Waals surface area (Å²) in [5, 5.41) is 16.1. The van der Waals surface area contributed by atoms with E-state index in [1.54, 1.807) is 31.2 Å². The Hall–Kier alpha value is -3.27. The van der Waals surface area contributed by atoms with Crippen LogP contribution in [-0.4, -0.2) is 29.3 Å². The Morgan fingerprint density at radius 3 is 2.30 bits per heavy atom. The van der Waals surface area contributed by atoms with Crippen molar-refractivity contribution in [2.24, 2.45) is 0 Å². The molecule has 9 nitrogen and oxygen atoms in total. The second-order valence-electron chi connectivity index (χ2n) is 6.38. The maximum Gasteiger partial charge on any atom is 0.306 e. The molecule has 2 aromatic rings. The molecule has 0 radical (unpaired) electrons. The molecule has 0 unspecified atom stereocenters. The van der Waals surface area contributed by atoms with E-state index >= 15 is 0 Å². The summed E-state index contributed by atoms with van der Waals surface area (Å²) in [6.45, 7) is 1.07. The molecule has 2 rings (SSSR count). The number of nitrogens with one attached hydrogen (secondary N) is 2. The predicted molar refractivity (Wildman–Crippen MR) is 114 cm³/mol. The van der Waals surface area contributed by atoms with Gasteiger partial charge in [-0.1, -0.05) is 22.0 Å². The molecular weight excluding hydrogens is 458 g/mol. The number of aryl methyl sites for hydroxylation is 1. The van der Waals surface area contributed by atoms with Crippen LogP contribution >= 0.6 is 15.9 Å². The van der Waals surface area contributed by atoms with E-state index in [0.29, 0.717) is 11.3 Å². The van der Waals surface area contributed by atoms with Gasteiger partial charge >= 0.3 is 5.97 Å². The fraction of sp³-hybridized carbons (Fsp3) is 0.250. The first-order valence-corrected chi connectivity index (χ1v) is 9.80. The lowest BCUT2D eigenvalue weighted by molar-refractivity contribution is -0.385. The third-order valence-electron chi connectivity index (χ3n) is 3.97. The average Bonchev–Trinajstić information content (AvgIpc) is 2.69. The van der Waals surface area contributed by atoms with Gasteiger partial charge in [-0.3, -0.25) is 24.5 Å². The summed E-state index contributed by atoms with van der Waals surface area (Å²) in [5.41, 5.74) is 1.23. The lowest BCUT2D eigenvalue weighted by Crippen LogP contribution is -2.21. The van der Waals surface area contributed by atoms with Crippen LogP contribution in [0.1, 0.15) is 24.8 Å². The number of esters is 1. The number of nitro benzene ring substituents is 1. The van der Waals surface area contributed by atoms with Crippen molar-refractivity contribution < 1.29 is 24.0 Å². The van der Waals surface area contributed by atoms with E-state index in [1.807, 2.05) is 0 Å². The fourth-order valence-electron chi connectivity index (χ4n) is 2.45. The molecule has 10 heteroatoms. The number of ether oxygens (including phenoxy) is 1. The van der Waals surface area contributed by atoms with Crippen LogP contribution in [0.3, 0.4) is 0 Å². The summed E-state index contributed by atoms with van der Waals surface area (Å²) in [7, 11) is 0. The number of anilines is 2. The highest BCUT2D eigenvalue weighted by Gasteiger charge is 2.14. The Labute approximate surface area is 181 Å². The van der Waals surface area contributed by atoms with Gasteiger partial charge in [-0.2, -0.15) is 0 Å². The lowest BCUT2D eigenvalue weighted by atomic mass is 10.2. The Kier molecular flexibility index (Phi) is 8.48. The van der Waals surface area contributed by atoms with Gasteiger partial charge in [-0.25, -0.2) is 0 Å². The quantitative estimate of drug-likeness (QED) is 0.319. The normalized spacial score (nSPS) is 10.2. The van der Waals surface area contributed by atoms with E-state index in [0.717, 1.165) is 4.47 Å². The Morgan fingerprint density at radius 1 is 1.00 bits per heavy atom. The van der Waals surface area contributed by atoms with E-state index in [1.165, 1.54) is 18.2 Å². The molecule has 0 heterocycles. The summed E-state index contributed by atoms with van der Waals surface area (Å²) >= 11 is 3.30. The molecule has 0 aliphatic carbocycles. The molecule has 158 valence electrons. The summed E-state index contributed by atoms with van der Waals surface area (Å²) in [4.78, 5) is 45.9. The number of carbonyl (C=O) groups excluding carboxylic acids is 3.